The minimum absolute atomic E-state index is 0.00561. The van der Waals surface area contributed by atoms with Crippen LogP contribution in [0.1, 0.15) is 20.8 Å². The van der Waals surface area contributed by atoms with E-state index in [9.17, 15) is 9.18 Å². The van der Waals surface area contributed by atoms with Crippen LogP contribution in [0.25, 0.3) is 10.4 Å². The van der Waals surface area contributed by atoms with Crippen LogP contribution in [0.2, 0.25) is 0 Å². The first-order chi connectivity index (χ1) is 10.5. The molecule has 1 aromatic heterocycles. The Morgan fingerprint density at radius 2 is 1.77 bits per heavy atom. The average Bonchev–Trinajstić information content (AvgIpc) is 2.99. The van der Waals surface area contributed by atoms with Crippen molar-refractivity contribution in [3.05, 3.63) is 80.9 Å². The number of thiophene rings is 1. The highest BCUT2D eigenvalue weighted by Gasteiger charge is 2.15. The fourth-order valence-electron chi connectivity index (χ4n) is 2.18. The summed E-state index contributed by atoms with van der Waals surface area (Å²) in [5, 5.41) is 0. The molecular formula is C18H12BrFOS. The van der Waals surface area contributed by atoms with Crippen molar-refractivity contribution in [1.29, 1.82) is 0 Å². The number of carbonyl (C=O) groups excluding carboxylic acids is 1. The van der Waals surface area contributed by atoms with Crippen molar-refractivity contribution in [3.8, 4) is 10.4 Å². The first-order valence-corrected chi connectivity index (χ1v) is 8.32. The van der Waals surface area contributed by atoms with Crippen LogP contribution in [-0.4, -0.2) is 5.78 Å². The van der Waals surface area contributed by atoms with Gasteiger partial charge in [-0.1, -0.05) is 39.7 Å². The summed E-state index contributed by atoms with van der Waals surface area (Å²) in [6, 6.07) is 15.7. The number of hydrogen-bond acceptors (Lipinski definition) is 2. The molecule has 0 atom stereocenters. The molecule has 3 aromatic rings. The number of hydrogen-bond donors (Lipinski definition) is 0. The van der Waals surface area contributed by atoms with Gasteiger partial charge in [0, 0.05) is 14.9 Å². The van der Waals surface area contributed by atoms with Gasteiger partial charge in [0.25, 0.3) is 0 Å². The van der Waals surface area contributed by atoms with E-state index in [0.29, 0.717) is 10.4 Å². The van der Waals surface area contributed by atoms with Crippen molar-refractivity contribution in [3.63, 3.8) is 0 Å². The molecule has 0 radical (unpaired) electrons. The van der Waals surface area contributed by atoms with Crippen molar-refractivity contribution in [2.45, 2.75) is 6.92 Å². The van der Waals surface area contributed by atoms with Gasteiger partial charge >= 0.3 is 0 Å². The topological polar surface area (TPSA) is 17.1 Å². The molecule has 0 spiro atoms. The number of ketones is 1. The predicted octanol–water partition coefficient (Wildman–Crippen LogP) is 5.86. The lowest BCUT2D eigenvalue weighted by Crippen LogP contribution is -2.00. The molecular weight excluding hydrogens is 363 g/mol. The number of benzene rings is 2. The summed E-state index contributed by atoms with van der Waals surface area (Å²) in [5.74, 6) is -0.269. The Labute approximate surface area is 140 Å². The van der Waals surface area contributed by atoms with Crippen LogP contribution < -0.4 is 0 Å². The molecule has 0 aliphatic rings. The Morgan fingerprint density at radius 1 is 1.05 bits per heavy atom. The Morgan fingerprint density at radius 3 is 2.50 bits per heavy atom. The Hall–Kier alpha value is -1.78. The van der Waals surface area contributed by atoms with Gasteiger partial charge in [0.15, 0.2) is 0 Å². The van der Waals surface area contributed by atoms with Crippen molar-refractivity contribution in [2.24, 2.45) is 0 Å². The number of rotatable bonds is 3. The van der Waals surface area contributed by atoms with Crippen LogP contribution in [-0.2, 0) is 0 Å². The second-order valence-corrected chi connectivity index (χ2v) is 6.92. The van der Waals surface area contributed by atoms with Gasteiger partial charge in [-0.15, -0.1) is 11.3 Å². The Kier molecular flexibility index (Phi) is 4.23. The molecule has 3 rings (SSSR count). The molecule has 2 aromatic carbocycles. The zero-order valence-corrected chi connectivity index (χ0v) is 14.2. The van der Waals surface area contributed by atoms with Crippen LogP contribution in [0.4, 0.5) is 4.39 Å². The van der Waals surface area contributed by atoms with Crippen molar-refractivity contribution in [1.82, 2.24) is 0 Å². The zero-order valence-electron chi connectivity index (χ0n) is 11.8. The van der Waals surface area contributed by atoms with E-state index in [1.54, 1.807) is 12.1 Å². The van der Waals surface area contributed by atoms with E-state index in [1.165, 1.54) is 23.5 Å². The van der Waals surface area contributed by atoms with Gasteiger partial charge in [0.2, 0.25) is 5.78 Å². The van der Waals surface area contributed by atoms with E-state index in [4.69, 9.17) is 0 Å². The molecule has 0 saturated heterocycles. The second-order valence-electron chi connectivity index (χ2n) is 4.98. The molecule has 1 heterocycles. The van der Waals surface area contributed by atoms with Crippen LogP contribution in [0.3, 0.4) is 0 Å². The summed E-state index contributed by atoms with van der Waals surface area (Å²) in [7, 11) is 0. The fraction of sp³-hybridized carbons (Fsp3) is 0.0556. The molecule has 0 bridgehead atoms. The number of aryl methyl sites for hydroxylation is 1. The van der Waals surface area contributed by atoms with E-state index in [2.05, 4.69) is 15.9 Å². The van der Waals surface area contributed by atoms with E-state index in [1.807, 2.05) is 37.3 Å². The van der Waals surface area contributed by atoms with Gasteiger partial charge < -0.3 is 0 Å². The molecule has 0 amide bonds. The van der Waals surface area contributed by atoms with Crippen LogP contribution in [0.5, 0.6) is 0 Å². The number of carbonyl (C=O) groups is 1. The molecule has 0 saturated carbocycles. The molecule has 0 N–H and O–H groups in total. The smallest absolute Gasteiger partial charge is 0.204 e. The normalized spacial score (nSPS) is 10.7. The maximum absolute atomic E-state index is 13.0. The predicted molar refractivity (Wildman–Crippen MR) is 92.0 cm³/mol. The van der Waals surface area contributed by atoms with Gasteiger partial charge in [-0.25, -0.2) is 4.39 Å². The van der Waals surface area contributed by atoms with Crippen molar-refractivity contribution >= 4 is 33.0 Å². The highest BCUT2D eigenvalue weighted by Crippen LogP contribution is 2.31. The summed E-state index contributed by atoms with van der Waals surface area (Å²) >= 11 is 4.85. The first kappa shape index (κ1) is 15.1. The highest BCUT2D eigenvalue weighted by atomic mass is 79.9. The van der Waals surface area contributed by atoms with Crippen molar-refractivity contribution in [2.75, 3.05) is 0 Å². The zero-order chi connectivity index (χ0) is 15.7. The van der Waals surface area contributed by atoms with E-state index in [0.717, 1.165) is 20.5 Å². The number of halogens is 2. The quantitative estimate of drug-likeness (QED) is 0.525. The third kappa shape index (κ3) is 3.03. The van der Waals surface area contributed by atoms with Crippen LogP contribution in [0.15, 0.2) is 59.1 Å². The molecule has 4 heteroatoms. The van der Waals surface area contributed by atoms with E-state index >= 15 is 0 Å². The maximum atomic E-state index is 13.0. The first-order valence-electron chi connectivity index (χ1n) is 6.71. The van der Waals surface area contributed by atoms with E-state index < -0.39 is 0 Å². The molecule has 1 nitrogen and oxygen atoms in total. The van der Waals surface area contributed by atoms with Gasteiger partial charge in [0.05, 0.1) is 4.88 Å². The summed E-state index contributed by atoms with van der Waals surface area (Å²) in [6.07, 6.45) is 0. The lowest BCUT2D eigenvalue weighted by molar-refractivity contribution is 0.104. The summed E-state index contributed by atoms with van der Waals surface area (Å²) in [4.78, 5) is 14.3. The summed E-state index contributed by atoms with van der Waals surface area (Å²) < 4.78 is 13.8. The Balaban J connectivity index is 1.95. The van der Waals surface area contributed by atoms with Gasteiger partial charge in [-0.05, 0) is 48.9 Å². The monoisotopic (exact) mass is 374 g/mol. The highest BCUT2D eigenvalue weighted by molar-refractivity contribution is 9.10. The minimum Gasteiger partial charge on any atom is -0.288 e. The van der Waals surface area contributed by atoms with Gasteiger partial charge in [-0.3, -0.25) is 4.79 Å². The van der Waals surface area contributed by atoms with Gasteiger partial charge in [-0.2, -0.15) is 0 Å². The van der Waals surface area contributed by atoms with E-state index in [-0.39, 0.29) is 11.6 Å². The van der Waals surface area contributed by atoms with Crippen molar-refractivity contribution < 1.29 is 9.18 Å². The summed E-state index contributed by atoms with van der Waals surface area (Å²) in [6.45, 7) is 1.96. The maximum Gasteiger partial charge on any atom is 0.204 e. The molecule has 0 unspecified atom stereocenters. The lowest BCUT2D eigenvalue weighted by atomic mass is 10.1. The molecule has 110 valence electrons. The van der Waals surface area contributed by atoms with Crippen LogP contribution in [0, 0.1) is 12.7 Å². The minimum atomic E-state index is -0.264. The largest absolute Gasteiger partial charge is 0.288 e. The second kappa shape index (κ2) is 6.15. The molecule has 22 heavy (non-hydrogen) atoms. The Bertz CT molecular complexity index is 837. The standard InChI is InChI=1S/C18H12BrFOS/c1-11-2-7-15(19)14(10-11)18(21)17-9-8-16(22-17)12-3-5-13(20)6-4-12/h2-10H,1H3. The average molecular weight is 375 g/mol. The third-order valence-corrected chi connectivity index (χ3v) is 5.15. The molecule has 0 aliphatic heterocycles. The third-order valence-electron chi connectivity index (χ3n) is 3.33. The fourth-order valence-corrected chi connectivity index (χ4v) is 3.57. The summed E-state index contributed by atoms with van der Waals surface area (Å²) in [5.41, 5.74) is 2.61. The molecule has 0 fully saturated rings. The molecule has 0 aliphatic carbocycles. The van der Waals surface area contributed by atoms with Crippen LogP contribution >= 0.6 is 27.3 Å². The van der Waals surface area contributed by atoms with Gasteiger partial charge in [0.1, 0.15) is 5.82 Å². The SMILES string of the molecule is Cc1ccc(Br)c(C(=O)c2ccc(-c3ccc(F)cc3)s2)c1. The lowest BCUT2D eigenvalue weighted by Gasteiger charge is -2.03.